The van der Waals surface area contributed by atoms with Gasteiger partial charge in [0.25, 0.3) is 0 Å². The highest BCUT2D eigenvalue weighted by molar-refractivity contribution is 5.85. The van der Waals surface area contributed by atoms with Crippen molar-refractivity contribution in [2.24, 2.45) is 0 Å². The van der Waals surface area contributed by atoms with Gasteiger partial charge in [0.15, 0.2) is 11.5 Å². The van der Waals surface area contributed by atoms with Crippen LogP contribution in [0.5, 0.6) is 11.5 Å². The summed E-state index contributed by atoms with van der Waals surface area (Å²) < 4.78 is 10.7. The number of nitrogens with one attached hydrogen (secondary N) is 1. The summed E-state index contributed by atoms with van der Waals surface area (Å²) in [5.74, 6) is 1.61. The van der Waals surface area contributed by atoms with Crippen LogP contribution >= 0.6 is 24.8 Å². The lowest BCUT2D eigenvalue weighted by atomic mass is 10.0. The first-order valence-electron chi connectivity index (χ1n) is 9.99. The van der Waals surface area contributed by atoms with E-state index in [1.54, 1.807) is 14.2 Å². The van der Waals surface area contributed by atoms with Gasteiger partial charge < -0.3 is 14.8 Å². The average Bonchev–Trinajstić information content (AvgIpc) is 2.73. The number of piperazine rings is 1. The van der Waals surface area contributed by atoms with E-state index in [2.05, 4.69) is 52.7 Å². The van der Waals surface area contributed by atoms with E-state index in [4.69, 9.17) is 9.47 Å². The molecule has 0 aliphatic carbocycles. The first kappa shape index (κ1) is 25.6. The summed E-state index contributed by atoms with van der Waals surface area (Å²) in [6, 6.07) is 17.7. The summed E-state index contributed by atoms with van der Waals surface area (Å²) in [4.78, 5) is 2.66. The highest BCUT2D eigenvalue weighted by Crippen LogP contribution is 2.28. The largest absolute Gasteiger partial charge is 0.493 e. The first-order chi connectivity index (χ1) is 13.3. The fourth-order valence-corrected chi connectivity index (χ4v) is 3.88. The molecule has 162 valence electrons. The van der Waals surface area contributed by atoms with Crippen molar-refractivity contribution >= 4 is 24.8 Å². The van der Waals surface area contributed by atoms with E-state index >= 15 is 0 Å². The Balaban J connectivity index is 0.00000210. The second-order valence-electron chi connectivity index (χ2n) is 7.21. The molecule has 1 heterocycles. The van der Waals surface area contributed by atoms with Crippen LogP contribution in [-0.2, 0) is 12.8 Å². The molecule has 1 unspecified atom stereocenters. The van der Waals surface area contributed by atoms with Crippen molar-refractivity contribution in [2.75, 3.05) is 40.4 Å². The van der Waals surface area contributed by atoms with E-state index in [9.17, 15) is 0 Å². The predicted molar refractivity (Wildman–Crippen MR) is 125 cm³/mol. The van der Waals surface area contributed by atoms with Crippen molar-refractivity contribution in [3.63, 3.8) is 0 Å². The highest BCUT2D eigenvalue weighted by atomic mass is 35.5. The third-order valence-electron chi connectivity index (χ3n) is 5.45. The lowest BCUT2D eigenvalue weighted by molar-refractivity contribution is 0.153. The summed E-state index contributed by atoms with van der Waals surface area (Å²) in [7, 11) is 3.37. The van der Waals surface area contributed by atoms with E-state index in [1.165, 1.54) is 24.0 Å². The van der Waals surface area contributed by atoms with E-state index in [-0.39, 0.29) is 24.8 Å². The molecule has 1 aliphatic rings. The number of hydrogen-bond donors (Lipinski definition) is 1. The fourth-order valence-electron chi connectivity index (χ4n) is 3.88. The Bertz CT molecular complexity index is 701. The maximum atomic E-state index is 5.42. The Kier molecular flexibility index (Phi) is 12.1. The SMILES string of the molecule is COc1ccc(CCCC2CNCCN2CCc2ccccc2)cc1OC.Cl.Cl. The first-order valence-corrected chi connectivity index (χ1v) is 9.99. The Morgan fingerprint density at radius 1 is 0.931 bits per heavy atom. The summed E-state index contributed by atoms with van der Waals surface area (Å²) in [5, 5.41) is 3.57. The molecular weight excluding hydrogens is 407 g/mol. The molecule has 0 radical (unpaired) electrons. The topological polar surface area (TPSA) is 33.7 Å². The third-order valence-corrected chi connectivity index (χ3v) is 5.45. The molecule has 1 N–H and O–H groups in total. The van der Waals surface area contributed by atoms with Crippen molar-refractivity contribution in [3.8, 4) is 11.5 Å². The third kappa shape index (κ3) is 7.71. The van der Waals surface area contributed by atoms with Crippen LogP contribution < -0.4 is 14.8 Å². The van der Waals surface area contributed by atoms with Crippen molar-refractivity contribution in [1.82, 2.24) is 10.2 Å². The van der Waals surface area contributed by atoms with Crippen LogP contribution in [-0.4, -0.2) is 51.3 Å². The van der Waals surface area contributed by atoms with Gasteiger partial charge >= 0.3 is 0 Å². The molecule has 29 heavy (non-hydrogen) atoms. The molecule has 1 fully saturated rings. The molecule has 0 aromatic heterocycles. The fraction of sp³-hybridized carbons (Fsp3) is 0.478. The standard InChI is InChI=1S/C23H32N2O2.2ClH/c1-26-22-12-11-20(17-23(22)27-2)9-6-10-21-18-24-14-16-25(21)15-13-19-7-4-3-5-8-19;;/h3-5,7-8,11-12,17,21,24H,6,9-10,13-16,18H2,1-2H3;2*1H. The Hall–Kier alpha value is -1.46. The molecule has 6 heteroatoms. The van der Waals surface area contributed by atoms with Crippen molar-refractivity contribution in [3.05, 3.63) is 59.7 Å². The zero-order chi connectivity index (χ0) is 18.9. The minimum Gasteiger partial charge on any atom is -0.493 e. The maximum Gasteiger partial charge on any atom is 0.160 e. The Morgan fingerprint density at radius 3 is 2.41 bits per heavy atom. The number of methoxy groups -OCH3 is 2. The van der Waals surface area contributed by atoms with Crippen LogP contribution in [0.2, 0.25) is 0 Å². The molecule has 3 rings (SSSR count). The maximum absolute atomic E-state index is 5.42. The van der Waals surface area contributed by atoms with Crippen LogP contribution in [0.25, 0.3) is 0 Å². The van der Waals surface area contributed by atoms with Crippen LogP contribution in [0.1, 0.15) is 24.0 Å². The molecule has 4 nitrogen and oxygen atoms in total. The van der Waals surface area contributed by atoms with Crippen LogP contribution in [0.15, 0.2) is 48.5 Å². The molecule has 0 bridgehead atoms. The number of aryl methyl sites for hydroxylation is 1. The van der Waals surface area contributed by atoms with E-state index < -0.39 is 0 Å². The summed E-state index contributed by atoms with van der Waals surface area (Å²) in [5.41, 5.74) is 2.74. The number of nitrogens with zero attached hydrogens (tertiary/aromatic N) is 1. The van der Waals surface area contributed by atoms with Crippen LogP contribution in [0, 0.1) is 0 Å². The minimum absolute atomic E-state index is 0. The van der Waals surface area contributed by atoms with Gasteiger partial charge in [-0.1, -0.05) is 36.4 Å². The van der Waals surface area contributed by atoms with Crippen molar-refractivity contribution < 1.29 is 9.47 Å². The molecule has 0 spiro atoms. The smallest absolute Gasteiger partial charge is 0.160 e. The lowest BCUT2D eigenvalue weighted by Gasteiger charge is -2.36. The molecular formula is C23H34Cl2N2O2. The normalized spacial score (nSPS) is 16.4. The molecule has 1 saturated heterocycles. The highest BCUT2D eigenvalue weighted by Gasteiger charge is 2.21. The van der Waals surface area contributed by atoms with Gasteiger partial charge in [-0.3, -0.25) is 4.90 Å². The van der Waals surface area contributed by atoms with Crippen LogP contribution in [0.4, 0.5) is 0 Å². The monoisotopic (exact) mass is 440 g/mol. The van der Waals surface area contributed by atoms with Gasteiger partial charge in [-0.15, -0.1) is 24.8 Å². The second kappa shape index (κ2) is 13.7. The second-order valence-corrected chi connectivity index (χ2v) is 7.21. The molecule has 1 atom stereocenters. The van der Waals surface area contributed by atoms with Gasteiger partial charge in [0.2, 0.25) is 0 Å². The quantitative estimate of drug-likeness (QED) is 0.626. The summed E-state index contributed by atoms with van der Waals surface area (Å²) in [6.07, 6.45) is 4.61. The van der Waals surface area contributed by atoms with Crippen LogP contribution in [0.3, 0.4) is 0 Å². The van der Waals surface area contributed by atoms with Gasteiger partial charge in [0.1, 0.15) is 0 Å². The minimum atomic E-state index is 0. The lowest BCUT2D eigenvalue weighted by Crippen LogP contribution is -2.51. The molecule has 0 amide bonds. The van der Waals surface area contributed by atoms with Gasteiger partial charge in [0, 0.05) is 32.2 Å². The van der Waals surface area contributed by atoms with Gasteiger partial charge in [-0.05, 0) is 48.9 Å². The Morgan fingerprint density at radius 2 is 1.69 bits per heavy atom. The van der Waals surface area contributed by atoms with Crippen molar-refractivity contribution in [2.45, 2.75) is 31.7 Å². The number of halogens is 2. The van der Waals surface area contributed by atoms with E-state index in [0.717, 1.165) is 50.5 Å². The van der Waals surface area contributed by atoms with Gasteiger partial charge in [0.05, 0.1) is 14.2 Å². The summed E-state index contributed by atoms with van der Waals surface area (Å²) >= 11 is 0. The van der Waals surface area contributed by atoms with E-state index in [0.29, 0.717) is 6.04 Å². The molecule has 2 aromatic carbocycles. The van der Waals surface area contributed by atoms with Crippen molar-refractivity contribution in [1.29, 1.82) is 0 Å². The number of hydrogen-bond acceptors (Lipinski definition) is 4. The zero-order valence-electron chi connectivity index (χ0n) is 17.4. The molecule has 1 aliphatic heterocycles. The average molecular weight is 441 g/mol. The Labute approximate surface area is 187 Å². The number of ether oxygens (including phenoxy) is 2. The number of rotatable bonds is 9. The molecule has 2 aromatic rings. The van der Waals surface area contributed by atoms with Gasteiger partial charge in [-0.2, -0.15) is 0 Å². The predicted octanol–water partition coefficient (Wildman–Crippen LogP) is 4.39. The van der Waals surface area contributed by atoms with E-state index in [1.807, 2.05) is 6.07 Å². The van der Waals surface area contributed by atoms with Gasteiger partial charge in [-0.25, -0.2) is 0 Å². The number of benzene rings is 2. The summed E-state index contributed by atoms with van der Waals surface area (Å²) in [6.45, 7) is 4.49. The zero-order valence-corrected chi connectivity index (χ0v) is 19.1. The molecule has 0 saturated carbocycles.